The number of nitrogens with one attached hydrogen (secondary N) is 2. The highest BCUT2D eigenvalue weighted by Gasteiger charge is 2.12. The van der Waals surface area contributed by atoms with Gasteiger partial charge in [0.25, 0.3) is 0 Å². The molecular weight excluding hydrogens is 421 g/mol. The van der Waals surface area contributed by atoms with E-state index >= 15 is 0 Å². The number of halogens is 4. The van der Waals surface area contributed by atoms with Crippen molar-refractivity contribution >= 4 is 72.4 Å². The van der Waals surface area contributed by atoms with Gasteiger partial charge in [0, 0.05) is 4.47 Å². The van der Waals surface area contributed by atoms with Crippen molar-refractivity contribution in [1.82, 2.24) is 9.97 Å². The van der Waals surface area contributed by atoms with Crippen molar-refractivity contribution < 1.29 is 0 Å². The highest BCUT2D eigenvalue weighted by molar-refractivity contribution is 9.11. The van der Waals surface area contributed by atoms with Crippen LogP contribution in [0.3, 0.4) is 0 Å². The van der Waals surface area contributed by atoms with Gasteiger partial charge in [0.15, 0.2) is 5.82 Å². The molecule has 0 bridgehead atoms. The first kappa shape index (κ1) is 14.8. The summed E-state index contributed by atoms with van der Waals surface area (Å²) in [5.74, 6) is 6.31. The van der Waals surface area contributed by atoms with E-state index in [1.165, 1.54) is 6.33 Å². The molecule has 0 radical (unpaired) electrons. The SMILES string of the molecule is NNc1ncnc(Nc2ccc(Br)c(Cl)c2Cl)c1Br. The molecule has 0 aliphatic carbocycles. The van der Waals surface area contributed by atoms with Gasteiger partial charge >= 0.3 is 0 Å². The zero-order valence-corrected chi connectivity index (χ0v) is 13.9. The molecule has 0 saturated heterocycles. The van der Waals surface area contributed by atoms with Crippen LogP contribution in [-0.2, 0) is 0 Å². The predicted octanol–water partition coefficient (Wildman–Crippen LogP) is 4.34. The molecule has 19 heavy (non-hydrogen) atoms. The molecule has 5 nitrogen and oxygen atoms in total. The Morgan fingerprint density at radius 2 is 1.74 bits per heavy atom. The van der Waals surface area contributed by atoms with Gasteiger partial charge in [0.05, 0.1) is 15.7 Å². The van der Waals surface area contributed by atoms with E-state index in [9.17, 15) is 0 Å². The monoisotopic (exact) mass is 425 g/mol. The molecule has 1 heterocycles. The van der Waals surface area contributed by atoms with E-state index in [1.54, 1.807) is 12.1 Å². The number of hydrogen-bond acceptors (Lipinski definition) is 5. The van der Waals surface area contributed by atoms with Crippen molar-refractivity contribution in [2.75, 3.05) is 10.7 Å². The molecule has 0 unspecified atom stereocenters. The summed E-state index contributed by atoms with van der Waals surface area (Å²) in [5, 5.41) is 3.87. The Kier molecular flexibility index (Phi) is 4.86. The molecule has 0 aliphatic rings. The van der Waals surface area contributed by atoms with Crippen LogP contribution in [0.5, 0.6) is 0 Å². The lowest BCUT2D eigenvalue weighted by atomic mass is 10.3. The van der Waals surface area contributed by atoms with Crippen LogP contribution in [0.25, 0.3) is 0 Å². The molecule has 100 valence electrons. The molecule has 0 amide bonds. The van der Waals surface area contributed by atoms with Crippen molar-refractivity contribution in [3.63, 3.8) is 0 Å². The van der Waals surface area contributed by atoms with Crippen molar-refractivity contribution in [2.24, 2.45) is 5.84 Å². The minimum atomic E-state index is 0.392. The van der Waals surface area contributed by atoms with Crippen LogP contribution in [0.4, 0.5) is 17.3 Å². The molecule has 0 spiro atoms. The van der Waals surface area contributed by atoms with E-state index in [0.717, 1.165) is 4.47 Å². The summed E-state index contributed by atoms with van der Waals surface area (Å²) in [4.78, 5) is 8.05. The van der Waals surface area contributed by atoms with Crippen LogP contribution < -0.4 is 16.6 Å². The number of nitrogens with two attached hydrogens (primary N) is 1. The van der Waals surface area contributed by atoms with Gasteiger partial charge in [-0.05, 0) is 44.0 Å². The minimum absolute atomic E-state index is 0.392. The fourth-order valence-electron chi connectivity index (χ4n) is 1.31. The van der Waals surface area contributed by atoms with Gasteiger partial charge in [-0.1, -0.05) is 23.2 Å². The molecule has 2 rings (SSSR count). The molecule has 0 saturated carbocycles. The predicted molar refractivity (Wildman–Crippen MR) is 85.0 cm³/mol. The quantitative estimate of drug-likeness (QED) is 0.386. The maximum atomic E-state index is 6.15. The summed E-state index contributed by atoms with van der Waals surface area (Å²) < 4.78 is 1.31. The zero-order chi connectivity index (χ0) is 14.0. The Labute approximate surface area is 136 Å². The Morgan fingerprint density at radius 3 is 2.42 bits per heavy atom. The van der Waals surface area contributed by atoms with Gasteiger partial charge in [0.1, 0.15) is 16.6 Å². The van der Waals surface area contributed by atoms with Crippen molar-refractivity contribution in [2.45, 2.75) is 0 Å². The van der Waals surface area contributed by atoms with E-state index in [4.69, 9.17) is 29.0 Å². The molecule has 1 aromatic carbocycles. The van der Waals surface area contributed by atoms with Crippen molar-refractivity contribution in [1.29, 1.82) is 0 Å². The normalized spacial score (nSPS) is 10.4. The van der Waals surface area contributed by atoms with Crippen molar-refractivity contribution in [3.8, 4) is 0 Å². The minimum Gasteiger partial charge on any atom is -0.338 e. The Bertz CT molecular complexity index is 623. The summed E-state index contributed by atoms with van der Waals surface area (Å²) in [7, 11) is 0. The van der Waals surface area contributed by atoms with E-state index < -0.39 is 0 Å². The second-order valence-electron chi connectivity index (χ2n) is 3.38. The Morgan fingerprint density at radius 1 is 1.05 bits per heavy atom. The van der Waals surface area contributed by atoms with Gasteiger partial charge in [0.2, 0.25) is 0 Å². The van der Waals surface area contributed by atoms with Gasteiger partial charge in [-0.2, -0.15) is 0 Å². The lowest BCUT2D eigenvalue weighted by Crippen LogP contribution is -2.10. The molecular formula is C10H7Br2Cl2N5. The smallest absolute Gasteiger partial charge is 0.159 e. The summed E-state index contributed by atoms with van der Waals surface area (Å²) in [6.45, 7) is 0. The molecule has 4 N–H and O–H groups in total. The second-order valence-corrected chi connectivity index (χ2v) is 5.78. The van der Waals surface area contributed by atoms with E-state index in [1.807, 2.05) is 0 Å². The second kappa shape index (κ2) is 6.23. The number of benzene rings is 1. The highest BCUT2D eigenvalue weighted by Crippen LogP contribution is 2.38. The first-order valence-corrected chi connectivity index (χ1v) is 7.26. The van der Waals surface area contributed by atoms with Crippen LogP contribution in [0, 0.1) is 0 Å². The highest BCUT2D eigenvalue weighted by atomic mass is 79.9. The van der Waals surface area contributed by atoms with E-state index in [2.05, 4.69) is 52.6 Å². The molecule has 0 fully saturated rings. The zero-order valence-electron chi connectivity index (χ0n) is 9.22. The lowest BCUT2D eigenvalue weighted by molar-refractivity contribution is 1.12. The summed E-state index contributed by atoms with van der Waals surface area (Å²) in [6.07, 6.45) is 1.37. The maximum absolute atomic E-state index is 6.15. The summed E-state index contributed by atoms with van der Waals surface area (Å²) >= 11 is 18.8. The average molecular weight is 428 g/mol. The number of nitrogens with zero attached hydrogens (tertiary/aromatic N) is 2. The number of rotatable bonds is 3. The number of nitrogen functional groups attached to an aromatic ring is 1. The topological polar surface area (TPSA) is 75.9 Å². The van der Waals surface area contributed by atoms with Crippen LogP contribution >= 0.6 is 55.1 Å². The van der Waals surface area contributed by atoms with Crippen LogP contribution in [0.15, 0.2) is 27.4 Å². The first-order chi connectivity index (χ1) is 9.04. The largest absolute Gasteiger partial charge is 0.338 e. The van der Waals surface area contributed by atoms with Gasteiger partial charge in [-0.25, -0.2) is 15.8 Å². The third-order valence-corrected chi connectivity index (χ3v) is 4.74. The van der Waals surface area contributed by atoms with Crippen LogP contribution in [0.1, 0.15) is 0 Å². The number of aromatic nitrogens is 2. The molecule has 2 aromatic rings. The van der Waals surface area contributed by atoms with Crippen LogP contribution in [0.2, 0.25) is 10.0 Å². The number of anilines is 3. The molecule has 0 aliphatic heterocycles. The van der Waals surface area contributed by atoms with Gasteiger partial charge < -0.3 is 10.7 Å². The Hall–Kier alpha value is -0.600. The third kappa shape index (κ3) is 3.11. The average Bonchev–Trinajstić information content (AvgIpc) is 2.41. The standard InChI is InChI=1S/C10H7Br2Cl2N5/c11-4-1-2-5(8(14)7(4)13)18-9-6(12)10(19-15)17-3-16-9/h1-3H,15H2,(H2,16,17,18,19). The van der Waals surface area contributed by atoms with Gasteiger partial charge in [-0.15, -0.1) is 0 Å². The third-order valence-electron chi connectivity index (χ3n) is 2.21. The summed E-state index contributed by atoms with van der Waals surface area (Å²) in [6, 6.07) is 3.57. The fourth-order valence-corrected chi connectivity index (χ4v) is 2.55. The number of hydrazine groups is 1. The maximum Gasteiger partial charge on any atom is 0.159 e. The van der Waals surface area contributed by atoms with Gasteiger partial charge in [-0.3, -0.25) is 0 Å². The van der Waals surface area contributed by atoms with Crippen molar-refractivity contribution in [3.05, 3.63) is 37.5 Å². The van der Waals surface area contributed by atoms with E-state index in [0.29, 0.717) is 31.8 Å². The molecule has 9 heteroatoms. The summed E-state index contributed by atoms with van der Waals surface area (Å²) in [5.41, 5.74) is 3.07. The van der Waals surface area contributed by atoms with Crippen LogP contribution in [-0.4, -0.2) is 9.97 Å². The first-order valence-electron chi connectivity index (χ1n) is 4.92. The fraction of sp³-hybridized carbons (Fsp3) is 0. The van der Waals surface area contributed by atoms with E-state index in [-0.39, 0.29) is 0 Å². The molecule has 0 atom stereocenters. The number of hydrogen-bond donors (Lipinski definition) is 3. The Balaban J connectivity index is 2.39. The molecule has 1 aromatic heterocycles. The lowest BCUT2D eigenvalue weighted by Gasteiger charge is -2.12.